The summed E-state index contributed by atoms with van der Waals surface area (Å²) in [6.07, 6.45) is 2.75. The highest BCUT2D eigenvalue weighted by Crippen LogP contribution is 2.45. The largest absolute Gasteiger partial charge is 0.480 e. The average molecular weight is 562 g/mol. The molecule has 2 saturated carbocycles. The molecule has 0 unspecified atom stereocenters. The highest BCUT2D eigenvalue weighted by Gasteiger charge is 2.36. The lowest BCUT2D eigenvalue weighted by atomic mass is 10.1. The number of fused-ring (bicyclic) bond motifs is 1. The predicted octanol–water partition coefficient (Wildman–Crippen LogP) is 5.38. The van der Waals surface area contributed by atoms with Gasteiger partial charge in [0.25, 0.3) is 0 Å². The van der Waals surface area contributed by atoms with E-state index in [9.17, 15) is 13.2 Å². The van der Waals surface area contributed by atoms with Gasteiger partial charge in [0.05, 0.1) is 24.8 Å². The Bertz CT molecular complexity index is 1740. The number of aryl methyl sites for hydroxylation is 1. The number of benzene rings is 1. The van der Waals surface area contributed by atoms with Gasteiger partial charge in [0.2, 0.25) is 5.88 Å². The van der Waals surface area contributed by atoms with Crippen LogP contribution < -0.4 is 9.64 Å². The zero-order chi connectivity index (χ0) is 28.3. The van der Waals surface area contributed by atoms with Crippen molar-refractivity contribution in [3.63, 3.8) is 0 Å². The highest BCUT2D eigenvalue weighted by atomic mass is 19.4. The molecule has 0 spiro atoms. The second kappa shape index (κ2) is 9.53. The standard InChI is InChI=1S/C28H26F3N9O/c1-15-11-20(28(29,30)31)38-40(15)19-7-3-16(4-8-19)12-39(18-9-10-18)26-23-25(34-13-33-23)36-24(37-26)21-22(17-5-6-17)32-14-35-27(21)41-2/h3-4,7-8,11,13-14,17-18H,5-6,9-10,12H2,1-2H3,(H,33,34,36,37). The number of aromatic nitrogens is 8. The van der Waals surface area contributed by atoms with E-state index in [1.165, 1.54) is 11.0 Å². The summed E-state index contributed by atoms with van der Waals surface area (Å²) < 4.78 is 46.4. The first-order valence-electron chi connectivity index (χ1n) is 13.4. The van der Waals surface area contributed by atoms with Gasteiger partial charge in [0.1, 0.15) is 17.4 Å². The van der Waals surface area contributed by atoms with Crippen LogP contribution in [0.15, 0.2) is 43.0 Å². The third-order valence-electron chi connectivity index (χ3n) is 7.46. The van der Waals surface area contributed by atoms with Gasteiger partial charge >= 0.3 is 6.18 Å². The maximum atomic E-state index is 13.2. The molecule has 210 valence electrons. The maximum Gasteiger partial charge on any atom is 0.435 e. The van der Waals surface area contributed by atoms with Gasteiger partial charge in [-0.3, -0.25) is 0 Å². The van der Waals surface area contributed by atoms with Gasteiger partial charge in [-0.25, -0.2) is 29.6 Å². The molecule has 0 aliphatic heterocycles. The third-order valence-corrected chi connectivity index (χ3v) is 7.46. The number of hydrogen-bond donors (Lipinski definition) is 1. The molecule has 0 saturated heterocycles. The third kappa shape index (κ3) is 4.74. The lowest BCUT2D eigenvalue weighted by Gasteiger charge is -2.25. The molecule has 0 radical (unpaired) electrons. The molecule has 1 aromatic carbocycles. The number of halogens is 3. The number of rotatable bonds is 8. The number of ether oxygens (including phenoxy) is 1. The molecule has 2 aliphatic carbocycles. The summed E-state index contributed by atoms with van der Waals surface area (Å²) in [7, 11) is 1.57. The van der Waals surface area contributed by atoms with Crippen LogP contribution in [-0.2, 0) is 12.7 Å². The van der Waals surface area contributed by atoms with Crippen LogP contribution in [0.4, 0.5) is 19.0 Å². The number of aromatic amines is 1. The maximum absolute atomic E-state index is 13.2. The van der Waals surface area contributed by atoms with Crippen LogP contribution in [0.2, 0.25) is 0 Å². The lowest BCUT2D eigenvalue weighted by molar-refractivity contribution is -0.141. The fraction of sp³-hybridized carbons (Fsp3) is 0.357. The highest BCUT2D eigenvalue weighted by molar-refractivity contribution is 5.86. The number of methoxy groups -OCH3 is 1. The van der Waals surface area contributed by atoms with Gasteiger partial charge in [-0.15, -0.1) is 0 Å². The minimum Gasteiger partial charge on any atom is -0.480 e. The monoisotopic (exact) mass is 561 g/mol. The first kappa shape index (κ1) is 25.4. The Kier molecular flexibility index (Phi) is 5.91. The number of nitrogens with one attached hydrogen (secondary N) is 1. The summed E-state index contributed by atoms with van der Waals surface area (Å²) in [5.41, 5.74) is 3.88. The number of hydrogen-bond acceptors (Lipinski definition) is 8. The van der Waals surface area contributed by atoms with E-state index in [0.717, 1.165) is 54.3 Å². The van der Waals surface area contributed by atoms with Crippen molar-refractivity contribution in [3.8, 4) is 23.0 Å². The molecule has 7 rings (SSSR count). The van der Waals surface area contributed by atoms with Crippen LogP contribution in [0.1, 0.15) is 54.2 Å². The molecule has 10 nitrogen and oxygen atoms in total. The molecule has 1 N–H and O–H groups in total. The molecule has 5 aromatic rings. The molecule has 4 aromatic heterocycles. The molecule has 4 heterocycles. The Balaban J connectivity index is 1.25. The Morgan fingerprint density at radius 2 is 1.83 bits per heavy atom. The summed E-state index contributed by atoms with van der Waals surface area (Å²) in [5, 5.41) is 3.77. The van der Waals surface area contributed by atoms with Crippen LogP contribution in [0.3, 0.4) is 0 Å². The number of H-pyrrole nitrogens is 1. The van der Waals surface area contributed by atoms with E-state index in [1.807, 2.05) is 12.1 Å². The molecule has 2 aliphatic rings. The van der Waals surface area contributed by atoms with Crippen LogP contribution in [0.5, 0.6) is 5.88 Å². The van der Waals surface area contributed by atoms with Crippen molar-refractivity contribution in [2.45, 2.75) is 57.3 Å². The van der Waals surface area contributed by atoms with Crippen molar-refractivity contribution in [2.24, 2.45) is 0 Å². The van der Waals surface area contributed by atoms with E-state index in [4.69, 9.17) is 14.7 Å². The second-order valence-corrected chi connectivity index (χ2v) is 10.5. The molecule has 0 atom stereocenters. The number of imidazole rings is 1. The number of anilines is 1. The second-order valence-electron chi connectivity index (χ2n) is 10.5. The minimum absolute atomic E-state index is 0.281. The Labute approximate surface area is 232 Å². The fourth-order valence-electron chi connectivity index (χ4n) is 5.13. The van der Waals surface area contributed by atoms with Gasteiger partial charge in [0.15, 0.2) is 23.0 Å². The van der Waals surface area contributed by atoms with E-state index < -0.39 is 11.9 Å². The van der Waals surface area contributed by atoms with Crippen LogP contribution >= 0.6 is 0 Å². The summed E-state index contributed by atoms with van der Waals surface area (Å²) in [6.45, 7) is 2.15. The summed E-state index contributed by atoms with van der Waals surface area (Å²) in [4.78, 5) is 28.6. The Morgan fingerprint density at radius 3 is 2.49 bits per heavy atom. The van der Waals surface area contributed by atoms with Crippen molar-refractivity contribution in [3.05, 3.63) is 65.6 Å². The first-order chi connectivity index (χ1) is 19.8. The van der Waals surface area contributed by atoms with Gasteiger partial charge in [-0.05, 0) is 56.4 Å². The van der Waals surface area contributed by atoms with Crippen LogP contribution in [0, 0.1) is 6.92 Å². The van der Waals surface area contributed by atoms with Crippen molar-refractivity contribution >= 4 is 17.0 Å². The van der Waals surface area contributed by atoms with E-state index >= 15 is 0 Å². The van der Waals surface area contributed by atoms with Crippen molar-refractivity contribution in [2.75, 3.05) is 12.0 Å². The molecule has 2 fully saturated rings. The normalized spacial score (nSPS) is 15.4. The minimum atomic E-state index is -4.50. The van der Waals surface area contributed by atoms with Gasteiger partial charge < -0.3 is 14.6 Å². The zero-order valence-electron chi connectivity index (χ0n) is 22.4. The average Bonchev–Trinajstić information content (AvgIpc) is 3.90. The number of nitrogens with zero attached hydrogens (tertiary/aromatic N) is 8. The fourth-order valence-corrected chi connectivity index (χ4v) is 5.13. The Hall–Kier alpha value is -4.55. The molecule has 41 heavy (non-hydrogen) atoms. The summed E-state index contributed by atoms with van der Waals surface area (Å²) in [6, 6.07) is 8.71. The van der Waals surface area contributed by atoms with Crippen molar-refractivity contribution in [1.82, 2.24) is 39.7 Å². The first-order valence-corrected chi connectivity index (χ1v) is 13.4. The van der Waals surface area contributed by atoms with E-state index in [-0.39, 0.29) is 6.04 Å². The molecule has 13 heteroatoms. The molecular formula is C28H26F3N9O. The van der Waals surface area contributed by atoms with Crippen LogP contribution in [0.25, 0.3) is 28.2 Å². The molecule has 0 amide bonds. The van der Waals surface area contributed by atoms with Crippen LogP contribution in [-0.4, -0.2) is 52.8 Å². The van der Waals surface area contributed by atoms with Crippen molar-refractivity contribution < 1.29 is 17.9 Å². The zero-order valence-corrected chi connectivity index (χ0v) is 22.4. The SMILES string of the molecule is COc1ncnc(C2CC2)c1-c1nc(N(Cc2ccc(-n3nc(C(F)(F)F)cc3C)cc2)C2CC2)c2[nH]cnc2n1. The lowest BCUT2D eigenvalue weighted by Crippen LogP contribution is -2.26. The van der Waals surface area contributed by atoms with Gasteiger partial charge in [0, 0.05) is 24.2 Å². The van der Waals surface area contributed by atoms with E-state index in [1.54, 1.807) is 32.5 Å². The van der Waals surface area contributed by atoms with Crippen molar-refractivity contribution in [1.29, 1.82) is 0 Å². The smallest absolute Gasteiger partial charge is 0.435 e. The number of alkyl halides is 3. The van der Waals surface area contributed by atoms with Gasteiger partial charge in [-0.1, -0.05) is 12.1 Å². The predicted molar refractivity (Wildman–Crippen MR) is 144 cm³/mol. The van der Waals surface area contributed by atoms with Gasteiger partial charge in [-0.2, -0.15) is 18.3 Å². The molecule has 0 bridgehead atoms. The quantitative estimate of drug-likeness (QED) is 0.269. The summed E-state index contributed by atoms with van der Waals surface area (Å²) in [5.74, 6) is 1.94. The topological polar surface area (TPSA) is 111 Å². The Morgan fingerprint density at radius 1 is 1.05 bits per heavy atom. The van der Waals surface area contributed by atoms with E-state index in [0.29, 0.717) is 46.8 Å². The molecular weight excluding hydrogens is 535 g/mol. The summed E-state index contributed by atoms with van der Waals surface area (Å²) >= 11 is 0. The van der Waals surface area contributed by atoms with E-state index in [2.05, 4.69) is 29.9 Å².